The van der Waals surface area contributed by atoms with Crippen molar-refractivity contribution in [3.63, 3.8) is 0 Å². The molecule has 0 aliphatic carbocycles. The normalized spacial score (nSPS) is 16.5. The monoisotopic (exact) mass is 357 g/mol. The van der Waals surface area contributed by atoms with E-state index in [-0.39, 0.29) is 11.1 Å². The topological polar surface area (TPSA) is 54.7 Å². The summed E-state index contributed by atoms with van der Waals surface area (Å²) < 4.78 is 2.11. The van der Waals surface area contributed by atoms with Crippen molar-refractivity contribution < 1.29 is 9.59 Å². The average Bonchev–Trinajstić information content (AvgIpc) is 3.19. The van der Waals surface area contributed by atoms with Crippen molar-refractivity contribution >= 4 is 28.6 Å². The lowest BCUT2D eigenvalue weighted by Gasteiger charge is -2.12. The Morgan fingerprint density at radius 2 is 2.08 bits per heavy atom. The Labute approximate surface area is 152 Å². The van der Waals surface area contributed by atoms with E-state index in [1.807, 2.05) is 30.6 Å². The molecule has 3 heterocycles. The van der Waals surface area contributed by atoms with Crippen LogP contribution in [0.25, 0.3) is 5.65 Å². The summed E-state index contributed by atoms with van der Waals surface area (Å²) in [7, 11) is 0. The number of thioether (sulfide) groups is 1. The fraction of sp³-hybridized carbons (Fsp3) is 0.421. The van der Waals surface area contributed by atoms with E-state index in [9.17, 15) is 9.59 Å². The molecule has 132 valence electrons. The molecule has 25 heavy (non-hydrogen) atoms. The zero-order chi connectivity index (χ0) is 17.6. The summed E-state index contributed by atoms with van der Waals surface area (Å²) in [6, 6.07) is 6.14. The maximum atomic E-state index is 12.2. The SMILES string of the molecule is CCC/C=C1\SC(=O)N(CCCCCc2cccc3nccn23)C1=O. The van der Waals surface area contributed by atoms with Crippen LogP contribution in [0.5, 0.6) is 0 Å². The van der Waals surface area contributed by atoms with Gasteiger partial charge in [-0.3, -0.25) is 14.5 Å². The van der Waals surface area contributed by atoms with Crippen LogP contribution >= 0.6 is 11.8 Å². The molecule has 0 radical (unpaired) electrons. The van der Waals surface area contributed by atoms with Crippen LogP contribution in [0.2, 0.25) is 0 Å². The Morgan fingerprint density at radius 3 is 2.92 bits per heavy atom. The minimum atomic E-state index is -0.129. The molecule has 0 aromatic carbocycles. The number of aromatic nitrogens is 2. The van der Waals surface area contributed by atoms with Gasteiger partial charge < -0.3 is 4.40 Å². The molecule has 2 aromatic rings. The maximum absolute atomic E-state index is 12.2. The molecule has 1 fully saturated rings. The Hall–Kier alpha value is -2.08. The molecule has 0 atom stereocenters. The fourth-order valence-electron chi connectivity index (χ4n) is 2.97. The summed E-state index contributed by atoms with van der Waals surface area (Å²) in [6.07, 6.45) is 11.3. The first-order valence-electron chi connectivity index (χ1n) is 8.85. The van der Waals surface area contributed by atoms with E-state index in [2.05, 4.69) is 22.4 Å². The van der Waals surface area contributed by atoms with E-state index in [1.54, 1.807) is 0 Å². The van der Waals surface area contributed by atoms with Gasteiger partial charge in [-0.05, 0) is 49.6 Å². The minimum absolute atomic E-state index is 0.119. The predicted molar refractivity (Wildman–Crippen MR) is 100 cm³/mol. The van der Waals surface area contributed by atoms with Gasteiger partial charge in [0.2, 0.25) is 0 Å². The lowest BCUT2D eigenvalue weighted by molar-refractivity contribution is -0.122. The summed E-state index contributed by atoms with van der Waals surface area (Å²) in [5.74, 6) is -0.119. The lowest BCUT2D eigenvalue weighted by Crippen LogP contribution is -2.29. The number of aryl methyl sites for hydroxylation is 1. The van der Waals surface area contributed by atoms with Crippen molar-refractivity contribution in [3.05, 3.63) is 47.3 Å². The number of imidazole rings is 1. The van der Waals surface area contributed by atoms with E-state index in [0.717, 1.165) is 55.9 Å². The van der Waals surface area contributed by atoms with Crippen LogP contribution < -0.4 is 0 Å². The summed E-state index contributed by atoms with van der Waals surface area (Å²) in [5.41, 5.74) is 2.21. The number of allylic oxidation sites excluding steroid dienone is 1. The van der Waals surface area contributed by atoms with Crippen LogP contribution in [0, 0.1) is 0 Å². The standard InChI is InChI=1S/C19H23N3O2S/c1-2-3-10-16-18(23)22(19(24)25-16)13-6-4-5-8-15-9-7-11-17-20-12-14-21(15)17/h7,9-12,14H,2-6,8,13H2,1H3/b16-10-. The van der Waals surface area contributed by atoms with E-state index < -0.39 is 0 Å². The van der Waals surface area contributed by atoms with Gasteiger partial charge in [0, 0.05) is 24.6 Å². The van der Waals surface area contributed by atoms with Gasteiger partial charge in [0.25, 0.3) is 11.1 Å². The third kappa shape index (κ3) is 4.12. The van der Waals surface area contributed by atoms with Crippen molar-refractivity contribution in [2.45, 2.75) is 45.4 Å². The van der Waals surface area contributed by atoms with Crippen molar-refractivity contribution in [2.75, 3.05) is 6.54 Å². The Morgan fingerprint density at radius 1 is 1.20 bits per heavy atom. The first-order valence-corrected chi connectivity index (χ1v) is 9.67. The van der Waals surface area contributed by atoms with E-state index in [1.165, 1.54) is 10.6 Å². The molecule has 1 aliphatic heterocycles. The Balaban J connectivity index is 1.45. The van der Waals surface area contributed by atoms with Crippen molar-refractivity contribution in [1.82, 2.24) is 14.3 Å². The highest BCUT2D eigenvalue weighted by atomic mass is 32.2. The zero-order valence-electron chi connectivity index (χ0n) is 14.5. The fourth-order valence-corrected chi connectivity index (χ4v) is 3.84. The van der Waals surface area contributed by atoms with Crippen LogP contribution in [0.15, 0.2) is 41.6 Å². The smallest absolute Gasteiger partial charge is 0.293 e. The van der Waals surface area contributed by atoms with E-state index >= 15 is 0 Å². The predicted octanol–water partition coefficient (Wildman–Crippen LogP) is 4.43. The first kappa shape index (κ1) is 17.7. The highest BCUT2D eigenvalue weighted by Gasteiger charge is 2.34. The molecule has 5 nitrogen and oxygen atoms in total. The molecule has 1 aliphatic rings. The van der Waals surface area contributed by atoms with Crippen LogP contribution in [0.1, 0.15) is 44.7 Å². The number of unbranched alkanes of at least 4 members (excludes halogenated alkanes) is 3. The second kappa shape index (κ2) is 8.34. The summed E-state index contributed by atoms with van der Waals surface area (Å²) >= 11 is 1.07. The van der Waals surface area contributed by atoms with Crippen LogP contribution in [-0.2, 0) is 11.2 Å². The molecule has 0 unspecified atom stereocenters. The number of carbonyl (C=O) groups is 2. The minimum Gasteiger partial charge on any atom is -0.304 e. The molecule has 0 saturated carbocycles. The van der Waals surface area contributed by atoms with E-state index in [0.29, 0.717) is 11.4 Å². The molecule has 2 aromatic heterocycles. The van der Waals surface area contributed by atoms with Crippen LogP contribution in [0.3, 0.4) is 0 Å². The van der Waals surface area contributed by atoms with E-state index in [4.69, 9.17) is 0 Å². The Bertz CT molecular complexity index is 797. The number of hydrogen-bond donors (Lipinski definition) is 0. The van der Waals surface area contributed by atoms with Gasteiger partial charge in [-0.1, -0.05) is 31.9 Å². The van der Waals surface area contributed by atoms with Crippen LogP contribution in [0.4, 0.5) is 4.79 Å². The average molecular weight is 357 g/mol. The highest BCUT2D eigenvalue weighted by Crippen LogP contribution is 2.31. The number of nitrogens with zero attached hydrogens (tertiary/aromatic N) is 3. The molecular formula is C19H23N3O2S. The molecule has 6 heteroatoms. The largest absolute Gasteiger partial charge is 0.304 e. The van der Waals surface area contributed by atoms with Crippen molar-refractivity contribution in [1.29, 1.82) is 0 Å². The number of fused-ring (bicyclic) bond motifs is 1. The second-order valence-electron chi connectivity index (χ2n) is 6.17. The quantitative estimate of drug-likeness (QED) is 0.518. The number of rotatable bonds is 8. The third-order valence-electron chi connectivity index (χ3n) is 4.32. The van der Waals surface area contributed by atoms with Gasteiger partial charge >= 0.3 is 0 Å². The van der Waals surface area contributed by atoms with Crippen molar-refractivity contribution in [2.24, 2.45) is 0 Å². The lowest BCUT2D eigenvalue weighted by atomic mass is 10.1. The van der Waals surface area contributed by atoms with Gasteiger partial charge in [0.15, 0.2) is 0 Å². The summed E-state index contributed by atoms with van der Waals surface area (Å²) in [6.45, 7) is 2.58. The highest BCUT2D eigenvalue weighted by molar-refractivity contribution is 8.18. The molecule has 0 spiro atoms. The van der Waals surface area contributed by atoms with Crippen molar-refractivity contribution in [3.8, 4) is 0 Å². The molecule has 3 rings (SSSR count). The number of pyridine rings is 1. The first-order chi connectivity index (χ1) is 12.2. The maximum Gasteiger partial charge on any atom is 0.293 e. The summed E-state index contributed by atoms with van der Waals surface area (Å²) in [4.78, 5) is 30.5. The van der Waals surface area contributed by atoms with Gasteiger partial charge in [-0.25, -0.2) is 4.98 Å². The second-order valence-corrected chi connectivity index (χ2v) is 7.16. The Kier molecular flexibility index (Phi) is 5.91. The number of hydrogen-bond acceptors (Lipinski definition) is 4. The number of amides is 2. The molecule has 2 amide bonds. The number of imide groups is 1. The van der Waals surface area contributed by atoms with Gasteiger partial charge in [-0.15, -0.1) is 0 Å². The molecular weight excluding hydrogens is 334 g/mol. The number of carbonyl (C=O) groups excluding carboxylic acids is 2. The third-order valence-corrected chi connectivity index (χ3v) is 5.28. The zero-order valence-corrected chi connectivity index (χ0v) is 15.3. The molecule has 0 N–H and O–H groups in total. The van der Waals surface area contributed by atoms with Gasteiger partial charge in [0.05, 0.1) is 4.91 Å². The summed E-state index contributed by atoms with van der Waals surface area (Å²) in [5, 5.41) is -0.129. The molecule has 1 saturated heterocycles. The van der Waals surface area contributed by atoms with Gasteiger partial charge in [0.1, 0.15) is 5.65 Å². The molecule has 0 bridgehead atoms. The van der Waals surface area contributed by atoms with Crippen LogP contribution in [-0.4, -0.2) is 32.0 Å². The van der Waals surface area contributed by atoms with Gasteiger partial charge in [-0.2, -0.15) is 0 Å².